The molecule has 7 atom stereocenters. The maximum atomic E-state index is 13.0. The highest BCUT2D eigenvalue weighted by Gasteiger charge is 2.44. The fraction of sp³-hybridized carbons (Fsp3) is 0.839. The van der Waals surface area contributed by atoms with Crippen molar-refractivity contribution in [1.82, 2.24) is 5.32 Å². The second kappa shape index (κ2) is 45.9. The predicted molar refractivity (Wildman–Crippen MR) is 272 cm³/mol. The van der Waals surface area contributed by atoms with Gasteiger partial charge in [-0.05, 0) is 64.2 Å². The molecule has 0 spiro atoms. The molecule has 6 N–H and O–H groups in total. The highest BCUT2D eigenvalue weighted by molar-refractivity contribution is 5.76. The molecule has 7 unspecified atom stereocenters. The van der Waals surface area contributed by atoms with Crippen LogP contribution in [0.15, 0.2) is 48.6 Å². The van der Waals surface area contributed by atoms with Crippen molar-refractivity contribution in [3.63, 3.8) is 0 Å². The first-order valence-electron chi connectivity index (χ1n) is 27.4. The maximum Gasteiger partial charge on any atom is 0.220 e. The van der Waals surface area contributed by atoms with Crippen LogP contribution < -0.4 is 5.32 Å². The lowest BCUT2D eigenvalue weighted by Gasteiger charge is -2.40. The fourth-order valence-electron chi connectivity index (χ4n) is 8.49. The van der Waals surface area contributed by atoms with Gasteiger partial charge in [0.25, 0.3) is 0 Å². The molecule has 9 nitrogen and oxygen atoms in total. The summed E-state index contributed by atoms with van der Waals surface area (Å²) in [7, 11) is 0. The van der Waals surface area contributed by atoms with Crippen LogP contribution in [0, 0.1) is 0 Å². The van der Waals surface area contributed by atoms with Gasteiger partial charge in [-0.25, -0.2) is 0 Å². The monoisotopic (exact) mass is 918 g/mol. The standard InChI is InChI=1S/C56H103NO8/c1-3-5-7-9-11-13-15-16-17-18-19-20-21-22-23-24-25-26-27-28-29-30-31-32-33-34-36-38-40-42-44-46-52(60)57-49(48-64-56-55(63)54(62)53(61)51(47-58)65-56)50(59)45-43-41-39-37-35-14-12-10-8-6-4-2/h8,10,18-19,35,37,43,45,49-51,53-56,58-59,61-63H,3-7,9,11-17,20-34,36,38-42,44,46-48H2,1-2H3,(H,57,60)/b10-8+,19-18-,37-35+,45-43+. The van der Waals surface area contributed by atoms with Gasteiger partial charge in [0.1, 0.15) is 24.4 Å². The summed E-state index contributed by atoms with van der Waals surface area (Å²) in [5.74, 6) is -0.191. The lowest BCUT2D eigenvalue weighted by Crippen LogP contribution is -2.60. The Morgan fingerprint density at radius 3 is 1.35 bits per heavy atom. The van der Waals surface area contributed by atoms with E-state index in [1.807, 2.05) is 6.08 Å². The van der Waals surface area contributed by atoms with E-state index in [1.54, 1.807) is 6.08 Å². The van der Waals surface area contributed by atoms with Gasteiger partial charge in [0.2, 0.25) is 5.91 Å². The third-order valence-electron chi connectivity index (χ3n) is 12.8. The molecule has 1 fully saturated rings. The first-order valence-corrected chi connectivity index (χ1v) is 27.4. The van der Waals surface area contributed by atoms with Crippen LogP contribution in [-0.2, 0) is 14.3 Å². The minimum absolute atomic E-state index is 0.191. The Bertz CT molecular complexity index is 1160. The molecule has 1 heterocycles. The molecular weight excluding hydrogens is 815 g/mol. The van der Waals surface area contributed by atoms with E-state index in [9.17, 15) is 30.3 Å². The number of aliphatic hydroxyl groups is 5. The Morgan fingerprint density at radius 1 is 0.508 bits per heavy atom. The van der Waals surface area contributed by atoms with Gasteiger partial charge in [0.05, 0.1) is 25.4 Å². The van der Waals surface area contributed by atoms with Crippen molar-refractivity contribution in [3.8, 4) is 0 Å². The molecule has 1 rings (SSSR count). The van der Waals surface area contributed by atoms with Crippen LogP contribution in [0.1, 0.15) is 245 Å². The van der Waals surface area contributed by atoms with Gasteiger partial charge < -0.3 is 40.3 Å². The van der Waals surface area contributed by atoms with Crippen LogP contribution in [-0.4, -0.2) is 87.5 Å². The summed E-state index contributed by atoms with van der Waals surface area (Å²) in [5.41, 5.74) is 0. The number of nitrogens with one attached hydrogen (secondary N) is 1. The number of amides is 1. The summed E-state index contributed by atoms with van der Waals surface area (Å²) >= 11 is 0. The molecule has 0 aromatic carbocycles. The van der Waals surface area contributed by atoms with Gasteiger partial charge in [-0.2, -0.15) is 0 Å². The van der Waals surface area contributed by atoms with E-state index in [0.717, 1.165) is 57.8 Å². The number of carbonyl (C=O) groups excluding carboxylic acids is 1. The first-order chi connectivity index (χ1) is 31.8. The number of aliphatic hydroxyl groups excluding tert-OH is 5. The van der Waals surface area contributed by atoms with Crippen LogP contribution in [0.2, 0.25) is 0 Å². The third-order valence-corrected chi connectivity index (χ3v) is 12.8. The summed E-state index contributed by atoms with van der Waals surface area (Å²) in [4.78, 5) is 13.0. The normalized spacial score (nSPS) is 20.3. The molecule has 1 saturated heterocycles. The minimum Gasteiger partial charge on any atom is -0.394 e. The minimum atomic E-state index is -1.57. The number of ether oxygens (including phenoxy) is 2. The summed E-state index contributed by atoms with van der Waals surface area (Å²) in [6.07, 6.45) is 53.5. The van der Waals surface area contributed by atoms with Crippen molar-refractivity contribution in [2.24, 2.45) is 0 Å². The first kappa shape index (κ1) is 61.2. The van der Waals surface area contributed by atoms with Gasteiger partial charge in [-0.3, -0.25) is 4.79 Å². The summed E-state index contributed by atoms with van der Waals surface area (Å²) in [6, 6.07) is -0.826. The summed E-state index contributed by atoms with van der Waals surface area (Å²) in [6.45, 7) is 3.68. The van der Waals surface area contributed by atoms with E-state index in [0.29, 0.717) is 6.42 Å². The van der Waals surface area contributed by atoms with E-state index < -0.39 is 49.5 Å². The molecule has 0 bridgehead atoms. The van der Waals surface area contributed by atoms with Crippen LogP contribution in [0.5, 0.6) is 0 Å². The van der Waals surface area contributed by atoms with Crippen LogP contribution in [0.4, 0.5) is 0 Å². The SMILES string of the molecule is CCC/C=C/CC/C=C/CC/C=C/C(O)C(COC1OC(CO)C(O)C(O)C1O)NC(=O)CCCCCCCCCCCCCCCCCCCCC/C=C\CCCCCCCCCC. The van der Waals surface area contributed by atoms with Gasteiger partial charge in [0.15, 0.2) is 6.29 Å². The van der Waals surface area contributed by atoms with Gasteiger partial charge in [-0.15, -0.1) is 0 Å². The average molecular weight is 918 g/mol. The Labute approximate surface area is 399 Å². The fourth-order valence-corrected chi connectivity index (χ4v) is 8.49. The number of carbonyl (C=O) groups is 1. The van der Waals surface area contributed by atoms with E-state index in [4.69, 9.17) is 9.47 Å². The Morgan fingerprint density at radius 2 is 0.908 bits per heavy atom. The second-order valence-electron chi connectivity index (χ2n) is 19.0. The zero-order valence-corrected chi connectivity index (χ0v) is 42.0. The molecular formula is C56H103NO8. The zero-order valence-electron chi connectivity index (χ0n) is 42.0. The van der Waals surface area contributed by atoms with Crippen molar-refractivity contribution in [2.75, 3.05) is 13.2 Å². The maximum absolute atomic E-state index is 13.0. The smallest absolute Gasteiger partial charge is 0.220 e. The van der Waals surface area contributed by atoms with Crippen molar-refractivity contribution in [1.29, 1.82) is 0 Å². The molecule has 0 aliphatic carbocycles. The Kier molecular flexibility index (Phi) is 43.2. The molecule has 0 saturated carbocycles. The highest BCUT2D eigenvalue weighted by atomic mass is 16.7. The average Bonchev–Trinajstić information content (AvgIpc) is 3.31. The molecule has 65 heavy (non-hydrogen) atoms. The van der Waals surface area contributed by atoms with Crippen molar-refractivity contribution >= 4 is 5.91 Å². The molecule has 1 aliphatic rings. The van der Waals surface area contributed by atoms with E-state index in [-0.39, 0.29) is 12.5 Å². The van der Waals surface area contributed by atoms with Crippen molar-refractivity contribution in [2.45, 2.75) is 288 Å². The Balaban J connectivity index is 2.12. The number of hydrogen-bond donors (Lipinski definition) is 6. The van der Waals surface area contributed by atoms with Gasteiger partial charge in [-0.1, -0.05) is 223 Å². The summed E-state index contributed by atoms with van der Waals surface area (Å²) in [5, 5.41) is 54.2. The highest BCUT2D eigenvalue weighted by Crippen LogP contribution is 2.23. The molecule has 0 radical (unpaired) electrons. The summed E-state index contributed by atoms with van der Waals surface area (Å²) < 4.78 is 11.2. The molecule has 1 aliphatic heterocycles. The van der Waals surface area contributed by atoms with E-state index in [1.165, 1.54) is 167 Å². The lowest BCUT2D eigenvalue weighted by atomic mass is 9.99. The van der Waals surface area contributed by atoms with Gasteiger partial charge in [0, 0.05) is 6.42 Å². The van der Waals surface area contributed by atoms with Crippen LogP contribution >= 0.6 is 0 Å². The van der Waals surface area contributed by atoms with Crippen LogP contribution in [0.3, 0.4) is 0 Å². The van der Waals surface area contributed by atoms with Crippen LogP contribution in [0.25, 0.3) is 0 Å². The molecule has 0 aromatic rings. The quantitative estimate of drug-likeness (QED) is 0.0261. The second-order valence-corrected chi connectivity index (χ2v) is 19.0. The molecule has 380 valence electrons. The predicted octanol–water partition coefficient (Wildman–Crippen LogP) is 13.0. The molecule has 9 heteroatoms. The zero-order chi connectivity index (χ0) is 47.3. The van der Waals surface area contributed by atoms with Crippen molar-refractivity contribution in [3.05, 3.63) is 48.6 Å². The van der Waals surface area contributed by atoms with Crippen molar-refractivity contribution < 1.29 is 39.8 Å². The molecule has 0 aromatic heterocycles. The number of hydrogen-bond acceptors (Lipinski definition) is 8. The lowest BCUT2D eigenvalue weighted by molar-refractivity contribution is -0.302. The Hall–Kier alpha value is -1.85. The van der Waals surface area contributed by atoms with E-state index in [2.05, 4.69) is 55.6 Å². The number of rotatable bonds is 46. The third kappa shape index (κ3) is 35.9. The number of allylic oxidation sites excluding steroid dienone is 7. The largest absolute Gasteiger partial charge is 0.394 e. The molecule has 1 amide bonds. The van der Waals surface area contributed by atoms with E-state index >= 15 is 0 Å². The topological polar surface area (TPSA) is 149 Å². The van der Waals surface area contributed by atoms with Gasteiger partial charge >= 0.3 is 0 Å². The number of unbranched alkanes of at least 4 members (excludes halogenated alkanes) is 30.